The quantitative estimate of drug-likeness (QED) is 0.550. The van der Waals surface area contributed by atoms with Gasteiger partial charge in [0.1, 0.15) is 5.82 Å². The smallest absolute Gasteiger partial charge is 0.251 e. The van der Waals surface area contributed by atoms with Crippen molar-refractivity contribution in [2.24, 2.45) is 0 Å². The number of amides is 1. The van der Waals surface area contributed by atoms with Crippen LogP contribution in [0.2, 0.25) is 0 Å². The average Bonchev–Trinajstić information content (AvgIpc) is 3.12. The van der Waals surface area contributed by atoms with Crippen LogP contribution < -0.4 is 5.32 Å². The van der Waals surface area contributed by atoms with Gasteiger partial charge in [-0.25, -0.2) is 4.98 Å². The number of benzene rings is 3. The van der Waals surface area contributed by atoms with E-state index in [0.717, 1.165) is 28.0 Å². The topological polar surface area (TPSA) is 57.8 Å². The van der Waals surface area contributed by atoms with Gasteiger partial charge in [-0.15, -0.1) is 0 Å². The standard InChI is InChI=1S/C23H21N3O/c1-16-8-7-11-18(14-16)23(27)26-21(15-17-9-3-2-4-10-17)22-24-19-12-5-6-13-20(19)25-22/h2-14,21H,15H2,1H3,(H,24,25)(H,26,27)/t21-/m1/s1. The molecule has 27 heavy (non-hydrogen) atoms. The van der Waals surface area contributed by atoms with E-state index >= 15 is 0 Å². The van der Waals surface area contributed by atoms with E-state index in [1.54, 1.807) is 0 Å². The molecule has 0 aliphatic heterocycles. The maximum Gasteiger partial charge on any atom is 0.251 e. The molecule has 0 saturated carbocycles. The molecule has 4 aromatic rings. The summed E-state index contributed by atoms with van der Waals surface area (Å²) < 4.78 is 0. The molecule has 0 unspecified atom stereocenters. The van der Waals surface area contributed by atoms with Crippen molar-refractivity contribution in [2.75, 3.05) is 0 Å². The fourth-order valence-electron chi connectivity index (χ4n) is 3.23. The number of nitrogens with one attached hydrogen (secondary N) is 2. The van der Waals surface area contributed by atoms with Gasteiger partial charge < -0.3 is 10.3 Å². The minimum Gasteiger partial charge on any atom is -0.342 e. The molecule has 1 atom stereocenters. The molecule has 0 saturated heterocycles. The molecule has 0 spiro atoms. The van der Waals surface area contributed by atoms with E-state index in [-0.39, 0.29) is 11.9 Å². The molecule has 1 heterocycles. The Morgan fingerprint density at radius 1 is 1.00 bits per heavy atom. The summed E-state index contributed by atoms with van der Waals surface area (Å²) in [5.74, 6) is 0.668. The summed E-state index contributed by atoms with van der Waals surface area (Å²) in [5.41, 5.74) is 4.73. The van der Waals surface area contributed by atoms with E-state index in [1.165, 1.54) is 0 Å². The van der Waals surface area contributed by atoms with Crippen LogP contribution in [0, 0.1) is 6.92 Å². The van der Waals surface area contributed by atoms with E-state index < -0.39 is 0 Å². The molecule has 4 heteroatoms. The largest absolute Gasteiger partial charge is 0.342 e. The number of rotatable bonds is 5. The summed E-state index contributed by atoms with van der Waals surface area (Å²) in [6.45, 7) is 1.98. The fourth-order valence-corrected chi connectivity index (χ4v) is 3.23. The minimum absolute atomic E-state index is 0.0971. The summed E-state index contributed by atoms with van der Waals surface area (Å²) in [5, 5.41) is 3.15. The van der Waals surface area contributed by atoms with E-state index in [2.05, 4.69) is 22.4 Å². The van der Waals surface area contributed by atoms with E-state index in [9.17, 15) is 4.79 Å². The average molecular weight is 355 g/mol. The lowest BCUT2D eigenvalue weighted by Crippen LogP contribution is -2.30. The van der Waals surface area contributed by atoms with Gasteiger partial charge in [-0.2, -0.15) is 0 Å². The van der Waals surface area contributed by atoms with Crippen molar-refractivity contribution in [3.8, 4) is 0 Å². The highest BCUT2D eigenvalue weighted by atomic mass is 16.1. The number of para-hydroxylation sites is 2. The SMILES string of the molecule is Cc1cccc(C(=O)N[C@H](Cc2ccccc2)c2nc3ccccc3[nH]2)c1. The molecule has 1 amide bonds. The van der Waals surface area contributed by atoms with Crippen molar-refractivity contribution < 1.29 is 4.79 Å². The number of hydrogen-bond donors (Lipinski definition) is 2. The second-order valence-electron chi connectivity index (χ2n) is 6.72. The number of aromatic amines is 1. The molecule has 3 aromatic carbocycles. The molecule has 0 aliphatic rings. The van der Waals surface area contributed by atoms with E-state index in [4.69, 9.17) is 4.98 Å². The fraction of sp³-hybridized carbons (Fsp3) is 0.130. The molecule has 0 bridgehead atoms. The lowest BCUT2D eigenvalue weighted by Gasteiger charge is -2.17. The Morgan fingerprint density at radius 2 is 1.78 bits per heavy atom. The second-order valence-corrected chi connectivity index (χ2v) is 6.72. The number of hydrogen-bond acceptors (Lipinski definition) is 2. The van der Waals surface area contributed by atoms with E-state index in [0.29, 0.717) is 12.0 Å². The first kappa shape index (κ1) is 17.0. The van der Waals surface area contributed by atoms with Crippen LogP contribution in [0.4, 0.5) is 0 Å². The van der Waals surface area contributed by atoms with Crippen molar-refractivity contribution in [3.63, 3.8) is 0 Å². The van der Waals surface area contributed by atoms with Crippen molar-refractivity contribution in [3.05, 3.63) is 101 Å². The number of imidazole rings is 1. The predicted molar refractivity (Wildman–Crippen MR) is 108 cm³/mol. The minimum atomic E-state index is -0.243. The molecule has 134 valence electrons. The number of H-pyrrole nitrogens is 1. The third kappa shape index (κ3) is 3.90. The second kappa shape index (κ2) is 7.46. The first-order valence-electron chi connectivity index (χ1n) is 9.05. The Morgan fingerprint density at radius 3 is 2.56 bits per heavy atom. The van der Waals surface area contributed by atoms with Gasteiger partial charge in [-0.1, -0.05) is 60.2 Å². The summed E-state index contributed by atoms with van der Waals surface area (Å²) in [4.78, 5) is 20.9. The molecule has 0 aliphatic carbocycles. The van der Waals surface area contributed by atoms with Crippen molar-refractivity contribution in [2.45, 2.75) is 19.4 Å². The van der Waals surface area contributed by atoms with E-state index in [1.807, 2.05) is 73.7 Å². The summed E-state index contributed by atoms with van der Waals surface area (Å²) >= 11 is 0. The van der Waals surface area contributed by atoms with Crippen molar-refractivity contribution >= 4 is 16.9 Å². The van der Waals surface area contributed by atoms with Gasteiger partial charge in [0.2, 0.25) is 0 Å². The number of carbonyl (C=O) groups is 1. The number of fused-ring (bicyclic) bond motifs is 1. The highest BCUT2D eigenvalue weighted by Crippen LogP contribution is 2.20. The first-order chi connectivity index (χ1) is 13.2. The number of carbonyl (C=O) groups excluding carboxylic acids is 1. The number of aryl methyl sites for hydroxylation is 1. The number of nitrogens with zero attached hydrogens (tertiary/aromatic N) is 1. The summed E-state index contributed by atoms with van der Waals surface area (Å²) in [6.07, 6.45) is 0.665. The van der Waals surface area contributed by atoms with Crippen molar-refractivity contribution in [1.82, 2.24) is 15.3 Å². The molecule has 4 nitrogen and oxygen atoms in total. The monoisotopic (exact) mass is 355 g/mol. The zero-order chi connectivity index (χ0) is 18.6. The molecule has 1 aromatic heterocycles. The van der Waals surface area contributed by atoms with Gasteiger partial charge in [0, 0.05) is 5.56 Å². The lowest BCUT2D eigenvalue weighted by atomic mass is 10.0. The van der Waals surface area contributed by atoms with Gasteiger partial charge in [0.25, 0.3) is 5.91 Å². The Hall–Kier alpha value is -3.40. The highest BCUT2D eigenvalue weighted by molar-refractivity contribution is 5.94. The predicted octanol–water partition coefficient (Wildman–Crippen LogP) is 4.59. The molecule has 0 fully saturated rings. The number of aromatic nitrogens is 2. The van der Waals surface area contributed by atoms with Crippen LogP contribution in [0.1, 0.15) is 33.4 Å². The molecular formula is C23H21N3O. The van der Waals surface area contributed by atoms with Crippen LogP contribution in [0.25, 0.3) is 11.0 Å². The zero-order valence-corrected chi connectivity index (χ0v) is 15.1. The normalized spacial score (nSPS) is 12.0. The summed E-state index contributed by atoms with van der Waals surface area (Å²) in [7, 11) is 0. The molecule has 0 radical (unpaired) electrons. The zero-order valence-electron chi connectivity index (χ0n) is 15.1. The van der Waals surface area contributed by atoms with Crippen LogP contribution >= 0.6 is 0 Å². The first-order valence-corrected chi connectivity index (χ1v) is 9.05. The van der Waals surface area contributed by atoms with Gasteiger partial charge in [-0.05, 0) is 43.2 Å². The Balaban J connectivity index is 1.66. The molecule has 4 rings (SSSR count). The van der Waals surface area contributed by atoms with Crippen molar-refractivity contribution in [1.29, 1.82) is 0 Å². The third-order valence-electron chi connectivity index (χ3n) is 4.61. The lowest BCUT2D eigenvalue weighted by molar-refractivity contribution is 0.0935. The molecular weight excluding hydrogens is 334 g/mol. The van der Waals surface area contributed by atoms with Crippen LogP contribution in [0.15, 0.2) is 78.9 Å². The van der Waals surface area contributed by atoms with Crippen LogP contribution in [-0.2, 0) is 6.42 Å². The Kier molecular flexibility index (Phi) is 4.71. The Labute approximate surface area is 158 Å². The highest BCUT2D eigenvalue weighted by Gasteiger charge is 2.20. The summed E-state index contributed by atoms with van der Waals surface area (Å²) in [6, 6.07) is 25.4. The van der Waals surface area contributed by atoms with Gasteiger partial charge >= 0.3 is 0 Å². The third-order valence-corrected chi connectivity index (χ3v) is 4.61. The Bertz CT molecular complexity index is 1040. The van der Waals surface area contributed by atoms with Gasteiger partial charge in [0.15, 0.2) is 0 Å². The maximum atomic E-state index is 12.8. The maximum absolute atomic E-state index is 12.8. The van der Waals surface area contributed by atoms with Crippen LogP contribution in [-0.4, -0.2) is 15.9 Å². The molecule has 2 N–H and O–H groups in total. The van der Waals surface area contributed by atoms with Gasteiger partial charge in [0.05, 0.1) is 17.1 Å². The van der Waals surface area contributed by atoms with Gasteiger partial charge in [-0.3, -0.25) is 4.79 Å². The van der Waals surface area contributed by atoms with Crippen LogP contribution in [0.3, 0.4) is 0 Å². The van der Waals surface area contributed by atoms with Crippen LogP contribution in [0.5, 0.6) is 0 Å².